The van der Waals surface area contributed by atoms with Crippen LogP contribution >= 0.6 is 11.8 Å². The lowest BCUT2D eigenvalue weighted by molar-refractivity contribution is 0.314. The van der Waals surface area contributed by atoms with E-state index in [1.807, 2.05) is 0 Å². The first-order valence-corrected chi connectivity index (χ1v) is 4.79. The summed E-state index contributed by atoms with van der Waals surface area (Å²) in [6.45, 7) is 0.512. The molecule has 0 aliphatic carbocycles. The highest BCUT2D eigenvalue weighted by Gasteiger charge is 2.24. The summed E-state index contributed by atoms with van der Waals surface area (Å²) in [6, 6.07) is 0. The molecular weight excluding hydrogens is 149 g/mol. The quantitative estimate of drug-likeness (QED) is 0.675. The molecule has 0 aromatic rings. The first-order valence-electron chi connectivity index (χ1n) is 3.75. The molecule has 0 saturated carbocycles. The number of hydrogen-bond donors (Lipinski definition) is 1. The lowest BCUT2D eigenvalue weighted by Crippen LogP contribution is -2.27. The van der Waals surface area contributed by atoms with Gasteiger partial charge in [-0.25, -0.2) is 4.39 Å². The van der Waals surface area contributed by atoms with Crippen molar-refractivity contribution in [2.45, 2.75) is 24.3 Å². The van der Waals surface area contributed by atoms with Gasteiger partial charge in [0.2, 0.25) is 0 Å². The molecule has 1 saturated heterocycles. The first kappa shape index (κ1) is 8.34. The van der Waals surface area contributed by atoms with Crippen molar-refractivity contribution in [3.8, 4) is 0 Å². The standard InChI is InChI=1S/C7H14FNS/c1-9-5-6(8)7-3-2-4-10-7/h6-7,9H,2-5H2,1H3. The molecule has 1 N–H and O–H groups in total. The molecule has 0 spiro atoms. The number of alkyl halides is 1. The normalized spacial score (nSPS) is 28.8. The zero-order chi connectivity index (χ0) is 7.40. The minimum atomic E-state index is -0.641. The maximum absolute atomic E-state index is 13.0. The van der Waals surface area contributed by atoms with E-state index in [1.165, 1.54) is 6.42 Å². The number of rotatable bonds is 3. The van der Waals surface area contributed by atoms with Gasteiger partial charge < -0.3 is 5.32 Å². The van der Waals surface area contributed by atoms with Gasteiger partial charge in [-0.05, 0) is 25.6 Å². The Balaban J connectivity index is 2.18. The number of halogens is 1. The van der Waals surface area contributed by atoms with Crippen molar-refractivity contribution in [1.29, 1.82) is 0 Å². The molecule has 0 amide bonds. The Morgan fingerprint density at radius 3 is 3.10 bits per heavy atom. The van der Waals surface area contributed by atoms with E-state index in [0.717, 1.165) is 12.2 Å². The van der Waals surface area contributed by atoms with E-state index in [4.69, 9.17) is 0 Å². The summed E-state index contributed by atoms with van der Waals surface area (Å²) >= 11 is 1.78. The van der Waals surface area contributed by atoms with Gasteiger partial charge in [-0.2, -0.15) is 11.8 Å². The second kappa shape index (κ2) is 4.19. The molecule has 1 heterocycles. The summed E-state index contributed by atoms with van der Waals surface area (Å²) in [6.07, 6.45) is 1.62. The fourth-order valence-corrected chi connectivity index (χ4v) is 2.49. The number of hydrogen-bond acceptors (Lipinski definition) is 2. The van der Waals surface area contributed by atoms with Crippen molar-refractivity contribution >= 4 is 11.8 Å². The molecule has 0 radical (unpaired) electrons. The zero-order valence-electron chi connectivity index (χ0n) is 6.27. The van der Waals surface area contributed by atoms with Crippen LogP contribution < -0.4 is 5.32 Å². The molecule has 60 valence electrons. The average molecular weight is 163 g/mol. The van der Waals surface area contributed by atoms with Gasteiger partial charge in [0, 0.05) is 11.8 Å². The molecule has 10 heavy (non-hydrogen) atoms. The van der Waals surface area contributed by atoms with Crippen LogP contribution in [0.5, 0.6) is 0 Å². The van der Waals surface area contributed by atoms with Crippen LogP contribution in [-0.4, -0.2) is 30.8 Å². The molecule has 0 aromatic heterocycles. The van der Waals surface area contributed by atoms with Crippen LogP contribution in [0.25, 0.3) is 0 Å². The highest BCUT2D eigenvalue weighted by molar-refractivity contribution is 8.00. The van der Waals surface area contributed by atoms with Crippen LogP contribution in [0.2, 0.25) is 0 Å². The maximum atomic E-state index is 13.0. The summed E-state index contributed by atoms with van der Waals surface area (Å²) in [7, 11) is 1.80. The molecular formula is C7H14FNS. The SMILES string of the molecule is CNCC(F)C1CCCS1. The van der Waals surface area contributed by atoms with E-state index in [2.05, 4.69) is 5.32 Å². The largest absolute Gasteiger partial charge is 0.317 e. The lowest BCUT2D eigenvalue weighted by atomic mass is 10.2. The molecule has 1 nitrogen and oxygen atoms in total. The predicted octanol–water partition coefficient (Wildman–Crippen LogP) is 1.44. The van der Waals surface area contributed by atoms with Crippen LogP contribution in [-0.2, 0) is 0 Å². The Labute approximate surface area is 65.8 Å². The van der Waals surface area contributed by atoms with Crippen molar-refractivity contribution in [3.05, 3.63) is 0 Å². The highest BCUT2D eigenvalue weighted by Crippen LogP contribution is 2.29. The molecule has 0 bridgehead atoms. The average Bonchev–Trinajstić information content (AvgIpc) is 2.38. The Kier molecular flexibility index (Phi) is 3.49. The Morgan fingerprint density at radius 2 is 2.60 bits per heavy atom. The number of thioether (sulfide) groups is 1. The lowest BCUT2D eigenvalue weighted by Gasteiger charge is -2.13. The van der Waals surface area contributed by atoms with Gasteiger partial charge in [-0.3, -0.25) is 0 Å². The molecule has 1 aliphatic heterocycles. The van der Waals surface area contributed by atoms with E-state index < -0.39 is 6.17 Å². The van der Waals surface area contributed by atoms with E-state index in [0.29, 0.717) is 6.54 Å². The summed E-state index contributed by atoms with van der Waals surface area (Å²) in [4.78, 5) is 0. The first-order chi connectivity index (χ1) is 4.84. The monoisotopic (exact) mass is 163 g/mol. The third-order valence-electron chi connectivity index (χ3n) is 1.77. The minimum absolute atomic E-state index is 0.271. The Hall–Kier alpha value is 0.240. The van der Waals surface area contributed by atoms with Crippen LogP contribution in [0.4, 0.5) is 4.39 Å². The van der Waals surface area contributed by atoms with Gasteiger partial charge in [0.15, 0.2) is 0 Å². The summed E-state index contributed by atoms with van der Waals surface area (Å²) < 4.78 is 13.0. The van der Waals surface area contributed by atoms with Crippen molar-refractivity contribution in [2.24, 2.45) is 0 Å². The Morgan fingerprint density at radius 1 is 1.80 bits per heavy atom. The van der Waals surface area contributed by atoms with E-state index >= 15 is 0 Å². The van der Waals surface area contributed by atoms with Gasteiger partial charge in [-0.15, -0.1) is 0 Å². The fraction of sp³-hybridized carbons (Fsp3) is 1.00. The predicted molar refractivity (Wildman–Crippen MR) is 44.3 cm³/mol. The minimum Gasteiger partial charge on any atom is -0.317 e. The van der Waals surface area contributed by atoms with Gasteiger partial charge in [0.25, 0.3) is 0 Å². The fourth-order valence-electron chi connectivity index (χ4n) is 1.21. The van der Waals surface area contributed by atoms with Crippen molar-refractivity contribution in [3.63, 3.8) is 0 Å². The second-order valence-electron chi connectivity index (χ2n) is 2.63. The molecule has 1 rings (SSSR count). The summed E-state index contributed by atoms with van der Waals surface area (Å²) in [5.41, 5.74) is 0. The van der Waals surface area contributed by atoms with Crippen molar-refractivity contribution in [2.75, 3.05) is 19.3 Å². The van der Waals surface area contributed by atoms with E-state index in [1.54, 1.807) is 18.8 Å². The molecule has 1 fully saturated rings. The molecule has 2 atom stereocenters. The third kappa shape index (κ3) is 2.13. The third-order valence-corrected chi connectivity index (χ3v) is 3.25. The second-order valence-corrected chi connectivity index (χ2v) is 3.97. The van der Waals surface area contributed by atoms with Crippen LogP contribution in [0.1, 0.15) is 12.8 Å². The van der Waals surface area contributed by atoms with Gasteiger partial charge in [-0.1, -0.05) is 0 Å². The van der Waals surface area contributed by atoms with Crippen LogP contribution in [0.3, 0.4) is 0 Å². The molecule has 2 unspecified atom stereocenters. The molecule has 1 aliphatic rings. The summed E-state index contributed by atoms with van der Waals surface area (Å²) in [5, 5.41) is 3.13. The van der Waals surface area contributed by atoms with Gasteiger partial charge in [0.05, 0.1) is 0 Å². The maximum Gasteiger partial charge on any atom is 0.124 e. The smallest absolute Gasteiger partial charge is 0.124 e. The topological polar surface area (TPSA) is 12.0 Å². The number of nitrogens with one attached hydrogen (secondary N) is 1. The van der Waals surface area contributed by atoms with E-state index in [-0.39, 0.29) is 5.25 Å². The van der Waals surface area contributed by atoms with Crippen molar-refractivity contribution in [1.82, 2.24) is 5.32 Å². The van der Waals surface area contributed by atoms with Crippen LogP contribution in [0.15, 0.2) is 0 Å². The van der Waals surface area contributed by atoms with Crippen molar-refractivity contribution < 1.29 is 4.39 Å². The summed E-state index contributed by atoms with van der Waals surface area (Å²) in [5.74, 6) is 1.15. The zero-order valence-corrected chi connectivity index (χ0v) is 7.09. The Bertz CT molecular complexity index is 93.6. The van der Waals surface area contributed by atoms with Crippen LogP contribution in [0, 0.1) is 0 Å². The molecule has 3 heteroatoms. The van der Waals surface area contributed by atoms with E-state index in [9.17, 15) is 4.39 Å². The van der Waals surface area contributed by atoms with Gasteiger partial charge >= 0.3 is 0 Å². The van der Waals surface area contributed by atoms with Gasteiger partial charge in [0.1, 0.15) is 6.17 Å². The highest BCUT2D eigenvalue weighted by atomic mass is 32.2. The molecule has 0 aromatic carbocycles.